The standard InChI is InChI=1S/C10H11N3/c1-7-3-9(4-8(2)13-7)10-5-11-6-12-10/h3-6H,1-2H3,(H,11,12). The lowest BCUT2D eigenvalue weighted by atomic mass is 10.1. The van der Waals surface area contributed by atoms with Gasteiger partial charge in [0.05, 0.1) is 18.2 Å². The van der Waals surface area contributed by atoms with Gasteiger partial charge in [0.2, 0.25) is 0 Å². The molecule has 3 heteroatoms. The van der Waals surface area contributed by atoms with Crippen molar-refractivity contribution in [1.82, 2.24) is 15.0 Å². The number of aromatic nitrogens is 3. The van der Waals surface area contributed by atoms with Crippen LogP contribution in [0.4, 0.5) is 0 Å². The quantitative estimate of drug-likeness (QED) is 0.717. The first-order valence-corrected chi connectivity index (χ1v) is 4.20. The van der Waals surface area contributed by atoms with E-state index in [0.717, 1.165) is 22.6 Å². The molecule has 2 aromatic heterocycles. The average Bonchev–Trinajstić information content (AvgIpc) is 2.53. The van der Waals surface area contributed by atoms with E-state index in [1.54, 1.807) is 6.33 Å². The molecular formula is C10H11N3. The summed E-state index contributed by atoms with van der Waals surface area (Å²) in [4.78, 5) is 11.4. The minimum Gasteiger partial charge on any atom is -0.345 e. The van der Waals surface area contributed by atoms with Crippen molar-refractivity contribution in [2.24, 2.45) is 0 Å². The molecule has 0 fully saturated rings. The van der Waals surface area contributed by atoms with Gasteiger partial charge >= 0.3 is 0 Å². The predicted molar refractivity (Wildman–Crippen MR) is 51.3 cm³/mol. The van der Waals surface area contributed by atoms with Crippen LogP contribution in [0.3, 0.4) is 0 Å². The van der Waals surface area contributed by atoms with E-state index < -0.39 is 0 Å². The first-order valence-electron chi connectivity index (χ1n) is 4.20. The minimum atomic E-state index is 1.03. The Hall–Kier alpha value is -1.64. The fourth-order valence-electron chi connectivity index (χ4n) is 1.40. The molecule has 2 aromatic rings. The number of nitrogens with one attached hydrogen (secondary N) is 1. The highest BCUT2D eigenvalue weighted by Gasteiger charge is 2.00. The van der Waals surface area contributed by atoms with E-state index in [1.807, 2.05) is 32.2 Å². The molecule has 0 amide bonds. The van der Waals surface area contributed by atoms with Crippen LogP contribution < -0.4 is 0 Å². The monoisotopic (exact) mass is 173 g/mol. The SMILES string of the molecule is Cc1cc(-c2cnc[nH]2)cc(C)n1. The number of aryl methyl sites for hydroxylation is 2. The average molecular weight is 173 g/mol. The number of hydrogen-bond acceptors (Lipinski definition) is 2. The highest BCUT2D eigenvalue weighted by Crippen LogP contribution is 2.17. The number of rotatable bonds is 1. The predicted octanol–water partition coefficient (Wildman–Crippen LogP) is 2.09. The Labute approximate surface area is 76.9 Å². The highest BCUT2D eigenvalue weighted by atomic mass is 14.9. The molecule has 0 aliphatic carbocycles. The molecule has 0 saturated heterocycles. The van der Waals surface area contributed by atoms with Crippen molar-refractivity contribution in [3.8, 4) is 11.3 Å². The lowest BCUT2D eigenvalue weighted by Crippen LogP contribution is -1.87. The maximum Gasteiger partial charge on any atom is 0.0924 e. The molecule has 3 nitrogen and oxygen atoms in total. The van der Waals surface area contributed by atoms with Crippen molar-refractivity contribution < 1.29 is 0 Å². The second-order valence-corrected chi connectivity index (χ2v) is 3.10. The molecule has 0 unspecified atom stereocenters. The smallest absolute Gasteiger partial charge is 0.0924 e. The van der Waals surface area contributed by atoms with E-state index in [4.69, 9.17) is 0 Å². The number of hydrogen-bond donors (Lipinski definition) is 1. The fourth-order valence-corrected chi connectivity index (χ4v) is 1.40. The second kappa shape index (κ2) is 3.01. The summed E-state index contributed by atoms with van der Waals surface area (Å²) < 4.78 is 0. The Bertz CT molecular complexity index is 384. The Morgan fingerprint density at radius 3 is 2.38 bits per heavy atom. The number of H-pyrrole nitrogens is 1. The zero-order valence-electron chi connectivity index (χ0n) is 7.70. The minimum absolute atomic E-state index is 1.03. The van der Waals surface area contributed by atoms with Gasteiger partial charge in [-0.15, -0.1) is 0 Å². The van der Waals surface area contributed by atoms with Crippen LogP contribution in [0.2, 0.25) is 0 Å². The summed E-state index contributed by atoms with van der Waals surface area (Å²) in [6.07, 6.45) is 3.49. The van der Waals surface area contributed by atoms with Gasteiger partial charge in [-0.3, -0.25) is 4.98 Å². The van der Waals surface area contributed by atoms with Gasteiger partial charge in [-0.2, -0.15) is 0 Å². The van der Waals surface area contributed by atoms with E-state index in [0.29, 0.717) is 0 Å². The summed E-state index contributed by atoms with van der Waals surface area (Å²) in [5.74, 6) is 0. The summed E-state index contributed by atoms with van der Waals surface area (Å²) in [5.41, 5.74) is 4.24. The molecule has 2 rings (SSSR count). The van der Waals surface area contributed by atoms with E-state index >= 15 is 0 Å². The molecule has 0 aliphatic rings. The summed E-state index contributed by atoms with van der Waals surface area (Å²) in [5, 5.41) is 0. The molecule has 0 radical (unpaired) electrons. The van der Waals surface area contributed by atoms with E-state index in [9.17, 15) is 0 Å². The lowest BCUT2D eigenvalue weighted by Gasteiger charge is -2.00. The summed E-state index contributed by atoms with van der Waals surface area (Å²) in [6.45, 7) is 3.99. The third kappa shape index (κ3) is 1.59. The summed E-state index contributed by atoms with van der Waals surface area (Å²) in [7, 11) is 0. The summed E-state index contributed by atoms with van der Waals surface area (Å²) in [6, 6.07) is 4.08. The first kappa shape index (κ1) is 7.98. The van der Waals surface area contributed by atoms with Crippen molar-refractivity contribution in [1.29, 1.82) is 0 Å². The third-order valence-corrected chi connectivity index (χ3v) is 1.89. The van der Waals surface area contributed by atoms with Crippen molar-refractivity contribution in [2.45, 2.75) is 13.8 Å². The molecule has 13 heavy (non-hydrogen) atoms. The van der Waals surface area contributed by atoms with Crippen molar-refractivity contribution >= 4 is 0 Å². The van der Waals surface area contributed by atoms with Crippen molar-refractivity contribution in [3.05, 3.63) is 36.0 Å². The topological polar surface area (TPSA) is 41.6 Å². The fraction of sp³-hybridized carbons (Fsp3) is 0.200. The van der Waals surface area contributed by atoms with E-state index in [2.05, 4.69) is 15.0 Å². The van der Waals surface area contributed by atoms with Gasteiger partial charge in [-0.25, -0.2) is 4.98 Å². The normalized spacial score (nSPS) is 10.3. The molecule has 0 atom stereocenters. The second-order valence-electron chi connectivity index (χ2n) is 3.10. The lowest BCUT2D eigenvalue weighted by molar-refractivity contribution is 1.12. The molecule has 0 spiro atoms. The zero-order valence-corrected chi connectivity index (χ0v) is 7.70. The van der Waals surface area contributed by atoms with Gasteiger partial charge in [0, 0.05) is 17.0 Å². The molecular weight excluding hydrogens is 162 g/mol. The Morgan fingerprint density at radius 1 is 1.15 bits per heavy atom. The summed E-state index contributed by atoms with van der Waals surface area (Å²) >= 11 is 0. The Balaban J connectivity index is 2.53. The van der Waals surface area contributed by atoms with Crippen LogP contribution in [0.5, 0.6) is 0 Å². The van der Waals surface area contributed by atoms with Crippen LogP contribution in [-0.4, -0.2) is 15.0 Å². The van der Waals surface area contributed by atoms with Crippen LogP contribution in [0, 0.1) is 13.8 Å². The highest BCUT2D eigenvalue weighted by molar-refractivity contribution is 5.58. The van der Waals surface area contributed by atoms with Crippen LogP contribution >= 0.6 is 0 Å². The molecule has 0 saturated carbocycles. The van der Waals surface area contributed by atoms with Crippen LogP contribution in [0.1, 0.15) is 11.4 Å². The molecule has 0 bridgehead atoms. The van der Waals surface area contributed by atoms with Gasteiger partial charge in [-0.1, -0.05) is 0 Å². The molecule has 66 valence electrons. The van der Waals surface area contributed by atoms with Gasteiger partial charge < -0.3 is 4.98 Å². The third-order valence-electron chi connectivity index (χ3n) is 1.89. The molecule has 0 aromatic carbocycles. The Morgan fingerprint density at radius 2 is 1.85 bits per heavy atom. The van der Waals surface area contributed by atoms with Crippen LogP contribution in [-0.2, 0) is 0 Å². The van der Waals surface area contributed by atoms with E-state index in [-0.39, 0.29) is 0 Å². The maximum atomic E-state index is 4.31. The maximum absolute atomic E-state index is 4.31. The van der Waals surface area contributed by atoms with Gasteiger partial charge in [0.25, 0.3) is 0 Å². The number of imidazole rings is 1. The van der Waals surface area contributed by atoms with Gasteiger partial charge in [-0.05, 0) is 26.0 Å². The number of nitrogens with zero attached hydrogens (tertiary/aromatic N) is 2. The molecule has 1 N–H and O–H groups in total. The van der Waals surface area contributed by atoms with Gasteiger partial charge in [0.1, 0.15) is 0 Å². The van der Waals surface area contributed by atoms with Gasteiger partial charge in [0.15, 0.2) is 0 Å². The first-order chi connectivity index (χ1) is 6.25. The van der Waals surface area contributed by atoms with Crippen LogP contribution in [0.15, 0.2) is 24.7 Å². The number of aromatic amines is 1. The zero-order chi connectivity index (χ0) is 9.26. The van der Waals surface area contributed by atoms with Crippen molar-refractivity contribution in [3.63, 3.8) is 0 Å². The van der Waals surface area contributed by atoms with Crippen molar-refractivity contribution in [2.75, 3.05) is 0 Å². The van der Waals surface area contributed by atoms with E-state index in [1.165, 1.54) is 0 Å². The molecule has 2 heterocycles. The molecule has 0 aliphatic heterocycles. The Kier molecular flexibility index (Phi) is 1.85. The number of pyridine rings is 1. The van der Waals surface area contributed by atoms with Crippen LogP contribution in [0.25, 0.3) is 11.3 Å². The largest absolute Gasteiger partial charge is 0.345 e.